The summed E-state index contributed by atoms with van der Waals surface area (Å²) in [5.41, 5.74) is 3.44. The van der Waals surface area contributed by atoms with Crippen molar-refractivity contribution in [3.05, 3.63) is 59.3 Å². The van der Waals surface area contributed by atoms with Gasteiger partial charge in [0.25, 0.3) is 0 Å². The normalized spacial score (nSPS) is 11.4. The number of hydrogen-bond acceptors (Lipinski definition) is 2. The summed E-state index contributed by atoms with van der Waals surface area (Å²) in [6.45, 7) is 8.14. The first-order valence-corrected chi connectivity index (χ1v) is 7.13. The van der Waals surface area contributed by atoms with Crippen molar-refractivity contribution >= 4 is 0 Å². The van der Waals surface area contributed by atoms with Gasteiger partial charge in [-0.1, -0.05) is 30.3 Å². The van der Waals surface area contributed by atoms with Gasteiger partial charge in [-0.25, -0.2) is 4.98 Å². The van der Waals surface area contributed by atoms with Crippen molar-refractivity contribution in [2.24, 2.45) is 0 Å². The molecule has 0 saturated heterocycles. The fraction of sp³-hybridized carbons (Fsp3) is 0.389. The Kier molecular flexibility index (Phi) is 4.43. The standard InChI is InChI=1S/C18H23NO/c1-14-12-16(11-10-15-8-6-5-7-9-15)13-17(19-14)20-18(2,3)4/h5-9,12-13H,10-11H2,1-4H3. The SMILES string of the molecule is Cc1cc(CCc2ccccc2)cc(OC(C)(C)C)n1. The molecule has 20 heavy (non-hydrogen) atoms. The third-order valence-electron chi connectivity index (χ3n) is 2.95. The van der Waals surface area contributed by atoms with Crippen LogP contribution in [0.2, 0.25) is 0 Å². The molecule has 1 aromatic carbocycles. The van der Waals surface area contributed by atoms with Gasteiger partial charge in [0.1, 0.15) is 5.60 Å². The number of aryl methyl sites for hydroxylation is 3. The van der Waals surface area contributed by atoms with Crippen molar-refractivity contribution in [1.29, 1.82) is 0 Å². The Balaban J connectivity index is 2.08. The van der Waals surface area contributed by atoms with E-state index in [2.05, 4.69) is 47.4 Å². The van der Waals surface area contributed by atoms with E-state index in [9.17, 15) is 0 Å². The molecule has 0 fully saturated rings. The average molecular weight is 269 g/mol. The van der Waals surface area contributed by atoms with Gasteiger partial charge in [0.15, 0.2) is 0 Å². The van der Waals surface area contributed by atoms with Crippen LogP contribution >= 0.6 is 0 Å². The summed E-state index contributed by atoms with van der Waals surface area (Å²) in [7, 11) is 0. The third kappa shape index (κ3) is 4.69. The number of ether oxygens (including phenoxy) is 1. The smallest absolute Gasteiger partial charge is 0.214 e. The molecule has 2 heteroatoms. The second-order valence-corrected chi connectivity index (χ2v) is 6.16. The largest absolute Gasteiger partial charge is 0.472 e. The number of aromatic nitrogens is 1. The molecule has 1 heterocycles. The van der Waals surface area contributed by atoms with Gasteiger partial charge in [-0.15, -0.1) is 0 Å². The molecule has 0 amide bonds. The average Bonchev–Trinajstić information content (AvgIpc) is 2.35. The van der Waals surface area contributed by atoms with Crippen molar-refractivity contribution in [3.63, 3.8) is 0 Å². The quantitative estimate of drug-likeness (QED) is 0.823. The molecular weight excluding hydrogens is 246 g/mol. The minimum absolute atomic E-state index is 0.211. The number of benzene rings is 1. The Bertz CT molecular complexity index is 555. The molecule has 0 aliphatic rings. The van der Waals surface area contributed by atoms with Crippen molar-refractivity contribution in [2.75, 3.05) is 0 Å². The Morgan fingerprint density at radius 2 is 1.60 bits per heavy atom. The lowest BCUT2D eigenvalue weighted by atomic mass is 10.0. The van der Waals surface area contributed by atoms with Gasteiger partial charge < -0.3 is 4.74 Å². The van der Waals surface area contributed by atoms with E-state index in [1.165, 1.54) is 11.1 Å². The maximum absolute atomic E-state index is 5.86. The van der Waals surface area contributed by atoms with Crippen LogP contribution in [0.3, 0.4) is 0 Å². The molecule has 2 rings (SSSR count). The molecule has 106 valence electrons. The zero-order valence-electron chi connectivity index (χ0n) is 12.8. The molecule has 0 aliphatic carbocycles. The highest BCUT2D eigenvalue weighted by Gasteiger charge is 2.13. The molecule has 0 aliphatic heterocycles. The number of nitrogens with zero attached hydrogens (tertiary/aromatic N) is 1. The fourth-order valence-corrected chi connectivity index (χ4v) is 2.15. The lowest BCUT2D eigenvalue weighted by molar-refractivity contribution is 0.124. The second-order valence-electron chi connectivity index (χ2n) is 6.16. The summed E-state index contributed by atoms with van der Waals surface area (Å²) in [6, 6.07) is 14.7. The van der Waals surface area contributed by atoms with Crippen molar-refractivity contribution in [3.8, 4) is 5.88 Å². The third-order valence-corrected chi connectivity index (χ3v) is 2.95. The Morgan fingerprint density at radius 1 is 0.950 bits per heavy atom. The van der Waals surface area contributed by atoms with Gasteiger partial charge in [-0.2, -0.15) is 0 Å². The van der Waals surface area contributed by atoms with Crippen LogP contribution in [0, 0.1) is 6.92 Å². The fourth-order valence-electron chi connectivity index (χ4n) is 2.15. The molecule has 0 N–H and O–H groups in total. The predicted octanol–water partition coefficient (Wildman–Crippen LogP) is 4.35. The molecule has 0 atom stereocenters. The lowest BCUT2D eigenvalue weighted by Gasteiger charge is -2.21. The van der Waals surface area contributed by atoms with E-state index in [-0.39, 0.29) is 5.60 Å². The van der Waals surface area contributed by atoms with Gasteiger partial charge in [-0.3, -0.25) is 0 Å². The topological polar surface area (TPSA) is 22.1 Å². The molecule has 2 aromatic rings. The van der Waals surface area contributed by atoms with Crippen molar-refractivity contribution < 1.29 is 4.74 Å². The second kappa shape index (κ2) is 6.08. The van der Waals surface area contributed by atoms with Crippen LogP contribution in [0.4, 0.5) is 0 Å². The van der Waals surface area contributed by atoms with E-state index in [0.717, 1.165) is 24.4 Å². The maximum atomic E-state index is 5.86. The van der Waals surface area contributed by atoms with Gasteiger partial charge >= 0.3 is 0 Å². The lowest BCUT2D eigenvalue weighted by Crippen LogP contribution is -2.23. The summed E-state index contributed by atoms with van der Waals surface area (Å²) in [6.07, 6.45) is 2.05. The number of hydrogen-bond donors (Lipinski definition) is 0. The van der Waals surface area contributed by atoms with Crippen molar-refractivity contribution in [1.82, 2.24) is 4.98 Å². The van der Waals surface area contributed by atoms with E-state index < -0.39 is 0 Å². The van der Waals surface area contributed by atoms with Crippen LogP contribution in [0.25, 0.3) is 0 Å². The Hall–Kier alpha value is -1.83. The van der Waals surface area contributed by atoms with Crippen LogP contribution < -0.4 is 4.74 Å². The summed E-state index contributed by atoms with van der Waals surface area (Å²) in [5.74, 6) is 0.723. The molecular formula is C18H23NO. The first-order valence-electron chi connectivity index (χ1n) is 7.13. The van der Waals surface area contributed by atoms with Gasteiger partial charge in [0, 0.05) is 11.8 Å². The zero-order valence-corrected chi connectivity index (χ0v) is 12.8. The van der Waals surface area contributed by atoms with Gasteiger partial charge in [-0.05, 0) is 57.7 Å². The highest BCUT2D eigenvalue weighted by atomic mass is 16.5. The van der Waals surface area contributed by atoms with E-state index in [1.54, 1.807) is 0 Å². The van der Waals surface area contributed by atoms with E-state index >= 15 is 0 Å². The monoisotopic (exact) mass is 269 g/mol. The summed E-state index contributed by atoms with van der Waals surface area (Å²) in [4.78, 5) is 4.45. The zero-order chi connectivity index (χ0) is 14.6. The molecule has 2 nitrogen and oxygen atoms in total. The summed E-state index contributed by atoms with van der Waals surface area (Å²) < 4.78 is 5.86. The summed E-state index contributed by atoms with van der Waals surface area (Å²) in [5, 5.41) is 0. The maximum Gasteiger partial charge on any atom is 0.214 e. The van der Waals surface area contributed by atoms with E-state index in [0.29, 0.717) is 0 Å². The predicted molar refractivity (Wildman–Crippen MR) is 83.2 cm³/mol. The van der Waals surface area contributed by atoms with Gasteiger partial charge in [0.05, 0.1) is 0 Å². The van der Waals surface area contributed by atoms with Gasteiger partial charge in [0.2, 0.25) is 5.88 Å². The summed E-state index contributed by atoms with van der Waals surface area (Å²) >= 11 is 0. The number of rotatable bonds is 4. The van der Waals surface area contributed by atoms with E-state index in [1.807, 2.05) is 27.7 Å². The first-order chi connectivity index (χ1) is 9.42. The highest BCUT2D eigenvalue weighted by molar-refractivity contribution is 5.26. The minimum Gasteiger partial charge on any atom is -0.472 e. The molecule has 0 spiro atoms. The minimum atomic E-state index is -0.211. The van der Waals surface area contributed by atoms with Crippen LogP contribution in [-0.2, 0) is 12.8 Å². The van der Waals surface area contributed by atoms with Crippen LogP contribution in [-0.4, -0.2) is 10.6 Å². The molecule has 1 aromatic heterocycles. The molecule has 0 radical (unpaired) electrons. The van der Waals surface area contributed by atoms with Crippen LogP contribution in [0.15, 0.2) is 42.5 Å². The van der Waals surface area contributed by atoms with Crippen LogP contribution in [0.1, 0.15) is 37.6 Å². The highest BCUT2D eigenvalue weighted by Crippen LogP contribution is 2.19. The Morgan fingerprint density at radius 3 is 2.25 bits per heavy atom. The first kappa shape index (κ1) is 14.6. The van der Waals surface area contributed by atoms with E-state index in [4.69, 9.17) is 4.74 Å². The van der Waals surface area contributed by atoms with Crippen molar-refractivity contribution in [2.45, 2.75) is 46.1 Å². The van der Waals surface area contributed by atoms with Crippen LogP contribution in [0.5, 0.6) is 5.88 Å². The number of pyridine rings is 1. The molecule has 0 unspecified atom stereocenters. The Labute approximate surface area is 121 Å². The molecule has 0 bridgehead atoms. The molecule has 0 saturated carbocycles.